The van der Waals surface area contributed by atoms with Crippen LogP contribution in [0.25, 0.3) is 10.6 Å². The maximum atomic E-state index is 12.8. The average molecular weight is 302 g/mol. The van der Waals surface area contributed by atoms with Gasteiger partial charge in [-0.15, -0.1) is 11.3 Å². The van der Waals surface area contributed by atoms with Crippen LogP contribution < -0.4 is 5.32 Å². The smallest absolute Gasteiger partial charge is 0.251 e. The second-order valence-corrected chi connectivity index (χ2v) is 5.30. The van der Waals surface area contributed by atoms with Gasteiger partial charge in [-0.2, -0.15) is 0 Å². The Labute approximate surface area is 124 Å². The number of benzene rings is 1. The van der Waals surface area contributed by atoms with Gasteiger partial charge in [0, 0.05) is 11.6 Å². The van der Waals surface area contributed by atoms with Gasteiger partial charge in [0.2, 0.25) is 0 Å². The van der Waals surface area contributed by atoms with Gasteiger partial charge >= 0.3 is 0 Å². The molecule has 0 atom stereocenters. The minimum Gasteiger partial charge on any atom is -0.355 e. The summed E-state index contributed by atoms with van der Waals surface area (Å²) in [6.07, 6.45) is 0. The molecule has 0 fully saturated rings. The van der Waals surface area contributed by atoms with Crippen molar-refractivity contribution >= 4 is 17.2 Å². The van der Waals surface area contributed by atoms with E-state index in [9.17, 15) is 9.18 Å². The highest BCUT2D eigenvalue weighted by atomic mass is 32.1. The van der Waals surface area contributed by atoms with E-state index >= 15 is 0 Å². The third-order valence-corrected chi connectivity index (χ3v) is 3.74. The normalized spacial score (nSPS) is 10.5. The SMILES string of the molecule is O=C(NCc1cc(-c2cccs2)on1)c1ccc(F)cc1. The number of hydrogen-bond donors (Lipinski definition) is 1. The van der Waals surface area contributed by atoms with E-state index in [4.69, 9.17) is 4.52 Å². The van der Waals surface area contributed by atoms with Crippen molar-refractivity contribution in [1.82, 2.24) is 10.5 Å². The molecular formula is C15H11FN2O2S. The molecular weight excluding hydrogens is 291 g/mol. The lowest BCUT2D eigenvalue weighted by Crippen LogP contribution is -2.22. The first kappa shape index (κ1) is 13.5. The van der Waals surface area contributed by atoms with Crippen LogP contribution in [0.4, 0.5) is 4.39 Å². The van der Waals surface area contributed by atoms with Gasteiger partial charge in [0.1, 0.15) is 11.5 Å². The molecule has 106 valence electrons. The molecule has 1 amide bonds. The second-order valence-electron chi connectivity index (χ2n) is 4.35. The van der Waals surface area contributed by atoms with Gasteiger partial charge < -0.3 is 9.84 Å². The summed E-state index contributed by atoms with van der Waals surface area (Å²) < 4.78 is 18.0. The number of carbonyl (C=O) groups is 1. The molecule has 3 rings (SSSR count). The standard InChI is InChI=1S/C15H11FN2O2S/c16-11-5-3-10(4-6-11)15(19)17-9-12-8-13(20-18-12)14-2-1-7-21-14/h1-8H,9H2,(H,17,19). The van der Waals surface area contributed by atoms with Crippen LogP contribution in [0, 0.1) is 5.82 Å². The molecule has 2 heterocycles. The number of nitrogens with zero attached hydrogens (tertiary/aromatic N) is 1. The van der Waals surface area contributed by atoms with Crippen molar-refractivity contribution in [2.75, 3.05) is 0 Å². The predicted octanol–water partition coefficient (Wildman–Crippen LogP) is 3.47. The quantitative estimate of drug-likeness (QED) is 0.803. The van der Waals surface area contributed by atoms with Crippen molar-refractivity contribution < 1.29 is 13.7 Å². The van der Waals surface area contributed by atoms with Crippen LogP contribution in [-0.2, 0) is 6.54 Å². The Morgan fingerprint density at radius 3 is 2.81 bits per heavy atom. The summed E-state index contributed by atoms with van der Waals surface area (Å²) in [5, 5.41) is 8.57. The number of aromatic nitrogens is 1. The fourth-order valence-corrected chi connectivity index (χ4v) is 2.48. The van der Waals surface area contributed by atoms with Gasteiger partial charge in [0.25, 0.3) is 5.91 Å². The first-order chi connectivity index (χ1) is 10.2. The maximum absolute atomic E-state index is 12.8. The Bertz CT molecular complexity index is 735. The minimum atomic E-state index is -0.372. The summed E-state index contributed by atoms with van der Waals surface area (Å²) in [6.45, 7) is 0.255. The molecule has 1 N–H and O–H groups in total. The second kappa shape index (κ2) is 5.88. The van der Waals surface area contributed by atoms with Gasteiger partial charge in [0.05, 0.1) is 11.4 Å². The van der Waals surface area contributed by atoms with E-state index in [1.54, 1.807) is 17.4 Å². The Kier molecular flexibility index (Phi) is 3.79. The largest absolute Gasteiger partial charge is 0.355 e. The Balaban J connectivity index is 1.62. The van der Waals surface area contributed by atoms with Gasteiger partial charge in [-0.05, 0) is 35.7 Å². The molecule has 0 saturated heterocycles. The van der Waals surface area contributed by atoms with E-state index in [2.05, 4.69) is 10.5 Å². The lowest BCUT2D eigenvalue weighted by Gasteiger charge is -2.02. The Hall–Kier alpha value is -2.47. The zero-order valence-electron chi connectivity index (χ0n) is 10.9. The van der Waals surface area contributed by atoms with Gasteiger partial charge in [0.15, 0.2) is 5.76 Å². The zero-order valence-corrected chi connectivity index (χ0v) is 11.7. The van der Waals surface area contributed by atoms with E-state index in [1.807, 2.05) is 17.5 Å². The first-order valence-electron chi connectivity index (χ1n) is 6.25. The summed E-state index contributed by atoms with van der Waals surface area (Å²) in [7, 11) is 0. The van der Waals surface area contributed by atoms with E-state index in [-0.39, 0.29) is 18.3 Å². The lowest BCUT2D eigenvalue weighted by atomic mass is 10.2. The van der Waals surface area contributed by atoms with Crippen LogP contribution in [0.2, 0.25) is 0 Å². The Morgan fingerprint density at radius 2 is 2.10 bits per heavy atom. The fraction of sp³-hybridized carbons (Fsp3) is 0.0667. The van der Waals surface area contributed by atoms with Crippen LogP contribution in [-0.4, -0.2) is 11.1 Å². The maximum Gasteiger partial charge on any atom is 0.251 e. The highest BCUT2D eigenvalue weighted by Gasteiger charge is 2.10. The summed E-state index contributed by atoms with van der Waals surface area (Å²) in [5.41, 5.74) is 1.03. The third-order valence-electron chi connectivity index (χ3n) is 2.86. The molecule has 0 radical (unpaired) electrons. The van der Waals surface area contributed by atoms with Crippen molar-refractivity contribution in [1.29, 1.82) is 0 Å². The monoisotopic (exact) mass is 302 g/mol. The molecule has 0 aliphatic carbocycles. The van der Waals surface area contributed by atoms with Crippen molar-refractivity contribution in [2.45, 2.75) is 6.54 Å². The molecule has 6 heteroatoms. The van der Waals surface area contributed by atoms with Crippen molar-refractivity contribution in [3.05, 3.63) is 64.9 Å². The van der Waals surface area contributed by atoms with Gasteiger partial charge in [-0.25, -0.2) is 4.39 Å². The van der Waals surface area contributed by atoms with E-state index in [0.717, 1.165) is 4.88 Å². The summed E-state index contributed by atoms with van der Waals surface area (Å²) >= 11 is 1.56. The summed E-state index contributed by atoms with van der Waals surface area (Å²) in [4.78, 5) is 12.9. The van der Waals surface area contributed by atoms with Crippen LogP contribution in [0.5, 0.6) is 0 Å². The molecule has 21 heavy (non-hydrogen) atoms. The third kappa shape index (κ3) is 3.17. The average Bonchev–Trinajstić information content (AvgIpc) is 3.16. The molecule has 0 unspecified atom stereocenters. The topological polar surface area (TPSA) is 55.1 Å². The molecule has 0 bridgehead atoms. The number of halogens is 1. The van der Waals surface area contributed by atoms with Crippen LogP contribution in [0.3, 0.4) is 0 Å². The summed E-state index contributed by atoms with van der Waals surface area (Å²) in [5.74, 6) is 0.0235. The molecule has 0 aliphatic rings. The summed E-state index contributed by atoms with van der Waals surface area (Å²) in [6, 6.07) is 11.0. The molecule has 0 aliphatic heterocycles. The van der Waals surface area contributed by atoms with Crippen LogP contribution >= 0.6 is 11.3 Å². The molecule has 1 aromatic carbocycles. The van der Waals surface area contributed by atoms with Crippen molar-refractivity contribution in [2.24, 2.45) is 0 Å². The predicted molar refractivity (Wildman–Crippen MR) is 77.4 cm³/mol. The highest BCUT2D eigenvalue weighted by Crippen LogP contribution is 2.24. The highest BCUT2D eigenvalue weighted by molar-refractivity contribution is 7.13. The molecule has 0 spiro atoms. The number of nitrogens with one attached hydrogen (secondary N) is 1. The number of carbonyl (C=O) groups excluding carboxylic acids is 1. The number of rotatable bonds is 4. The Morgan fingerprint density at radius 1 is 1.29 bits per heavy atom. The van der Waals surface area contributed by atoms with Crippen LogP contribution in [0.1, 0.15) is 16.1 Å². The fourth-order valence-electron chi connectivity index (χ4n) is 1.80. The number of hydrogen-bond acceptors (Lipinski definition) is 4. The number of amides is 1. The van der Waals surface area contributed by atoms with Gasteiger partial charge in [-0.3, -0.25) is 4.79 Å². The molecule has 2 aromatic heterocycles. The molecule has 4 nitrogen and oxygen atoms in total. The van der Waals surface area contributed by atoms with Gasteiger partial charge in [-0.1, -0.05) is 11.2 Å². The van der Waals surface area contributed by atoms with E-state index in [1.165, 1.54) is 24.3 Å². The lowest BCUT2D eigenvalue weighted by molar-refractivity contribution is 0.0950. The van der Waals surface area contributed by atoms with E-state index in [0.29, 0.717) is 17.0 Å². The minimum absolute atomic E-state index is 0.255. The van der Waals surface area contributed by atoms with Crippen molar-refractivity contribution in [3.63, 3.8) is 0 Å². The zero-order chi connectivity index (χ0) is 14.7. The molecule has 0 saturated carbocycles. The molecule has 3 aromatic rings. The first-order valence-corrected chi connectivity index (χ1v) is 7.13. The van der Waals surface area contributed by atoms with Crippen LogP contribution in [0.15, 0.2) is 52.4 Å². The van der Waals surface area contributed by atoms with Crippen molar-refractivity contribution in [3.8, 4) is 10.6 Å². The van der Waals surface area contributed by atoms with E-state index < -0.39 is 0 Å². The number of thiophene rings is 1.